The topological polar surface area (TPSA) is 63.8 Å². The van der Waals surface area contributed by atoms with Gasteiger partial charge in [-0.3, -0.25) is 0 Å². The van der Waals surface area contributed by atoms with Gasteiger partial charge in [-0.05, 0) is 30.2 Å². The molecule has 0 spiro atoms. The zero-order chi connectivity index (χ0) is 13.2. The Morgan fingerprint density at radius 1 is 1.26 bits per heavy atom. The van der Waals surface area contributed by atoms with Gasteiger partial charge >= 0.3 is 0 Å². The molecule has 2 atom stereocenters. The number of nitrogens with two attached hydrogens (primary N) is 1. The molecule has 1 fully saturated rings. The van der Waals surface area contributed by atoms with Crippen molar-refractivity contribution < 1.29 is 0 Å². The van der Waals surface area contributed by atoms with Crippen molar-refractivity contribution in [3.05, 3.63) is 11.4 Å². The third-order valence-corrected chi connectivity index (χ3v) is 4.83. The monoisotopic (exact) mass is 276 g/mol. The number of nitrogen functional groups attached to an aromatic ring is 1. The molecule has 0 amide bonds. The molecule has 1 aliphatic rings. The summed E-state index contributed by atoms with van der Waals surface area (Å²) in [7, 11) is 0. The van der Waals surface area contributed by atoms with Crippen molar-refractivity contribution >= 4 is 33.3 Å². The maximum Gasteiger partial charge on any atom is 0.223 e. The molecule has 5 heteroatoms. The van der Waals surface area contributed by atoms with Crippen molar-refractivity contribution in [2.24, 2.45) is 5.92 Å². The van der Waals surface area contributed by atoms with Gasteiger partial charge in [-0.15, -0.1) is 11.3 Å². The molecule has 0 radical (unpaired) electrons. The van der Waals surface area contributed by atoms with Crippen LogP contribution in [0.1, 0.15) is 39.0 Å². The highest BCUT2D eigenvalue weighted by Gasteiger charge is 2.21. The highest BCUT2D eigenvalue weighted by atomic mass is 32.1. The summed E-state index contributed by atoms with van der Waals surface area (Å²) in [6.07, 6.45) is 6.51. The van der Waals surface area contributed by atoms with Crippen LogP contribution in [0, 0.1) is 5.92 Å². The average Bonchev–Trinajstić information content (AvgIpc) is 2.75. The van der Waals surface area contributed by atoms with Gasteiger partial charge in [0, 0.05) is 6.04 Å². The molecular formula is C14H20N4S. The summed E-state index contributed by atoms with van der Waals surface area (Å²) >= 11 is 1.61. The van der Waals surface area contributed by atoms with E-state index >= 15 is 0 Å². The molecule has 2 unspecified atom stereocenters. The highest BCUT2D eigenvalue weighted by Crippen LogP contribution is 2.30. The molecule has 2 heterocycles. The molecule has 2 aromatic heterocycles. The van der Waals surface area contributed by atoms with Gasteiger partial charge in [-0.25, -0.2) is 4.98 Å². The van der Waals surface area contributed by atoms with Crippen LogP contribution in [0.3, 0.4) is 0 Å². The molecule has 19 heavy (non-hydrogen) atoms. The van der Waals surface area contributed by atoms with E-state index in [1.165, 1.54) is 32.1 Å². The fraction of sp³-hybridized carbons (Fsp3) is 0.571. The fourth-order valence-electron chi connectivity index (χ4n) is 2.87. The lowest BCUT2D eigenvalue weighted by Crippen LogP contribution is -2.27. The van der Waals surface area contributed by atoms with Crippen molar-refractivity contribution in [1.29, 1.82) is 0 Å². The minimum Gasteiger partial charge on any atom is -0.368 e. The minimum atomic E-state index is 0.360. The molecule has 1 aliphatic carbocycles. The third-order valence-electron chi connectivity index (χ3n) is 4.03. The summed E-state index contributed by atoms with van der Waals surface area (Å²) in [6, 6.07) is 2.57. The van der Waals surface area contributed by atoms with Gasteiger partial charge in [0.05, 0.1) is 5.39 Å². The van der Waals surface area contributed by atoms with Crippen molar-refractivity contribution in [2.45, 2.75) is 45.1 Å². The van der Waals surface area contributed by atoms with Crippen LogP contribution in [0.5, 0.6) is 0 Å². The van der Waals surface area contributed by atoms with Crippen molar-refractivity contribution in [1.82, 2.24) is 9.97 Å². The molecule has 0 aromatic carbocycles. The first-order valence-corrected chi connectivity index (χ1v) is 7.89. The molecule has 0 bridgehead atoms. The van der Waals surface area contributed by atoms with E-state index in [2.05, 4.69) is 28.3 Å². The van der Waals surface area contributed by atoms with Gasteiger partial charge < -0.3 is 11.1 Å². The molecule has 2 aromatic rings. The van der Waals surface area contributed by atoms with E-state index in [-0.39, 0.29) is 0 Å². The maximum atomic E-state index is 5.80. The molecule has 3 rings (SSSR count). The van der Waals surface area contributed by atoms with Crippen LogP contribution < -0.4 is 11.1 Å². The van der Waals surface area contributed by atoms with Crippen molar-refractivity contribution in [2.75, 3.05) is 11.1 Å². The molecule has 4 nitrogen and oxygen atoms in total. The highest BCUT2D eigenvalue weighted by molar-refractivity contribution is 7.16. The van der Waals surface area contributed by atoms with E-state index in [4.69, 9.17) is 5.73 Å². The number of thiophene rings is 1. The van der Waals surface area contributed by atoms with Crippen LogP contribution >= 0.6 is 11.3 Å². The Labute approximate surface area is 117 Å². The van der Waals surface area contributed by atoms with Crippen LogP contribution in [0.15, 0.2) is 11.4 Å². The van der Waals surface area contributed by atoms with E-state index in [1.807, 2.05) is 5.38 Å². The normalized spacial score (nSPS) is 24.3. The van der Waals surface area contributed by atoms with E-state index in [0.717, 1.165) is 16.0 Å². The van der Waals surface area contributed by atoms with Gasteiger partial charge in [0.2, 0.25) is 5.95 Å². The van der Waals surface area contributed by atoms with Crippen LogP contribution in [-0.2, 0) is 0 Å². The zero-order valence-electron chi connectivity index (χ0n) is 11.2. The summed E-state index contributed by atoms with van der Waals surface area (Å²) in [4.78, 5) is 9.64. The number of fused-ring (bicyclic) bond motifs is 1. The van der Waals surface area contributed by atoms with Crippen LogP contribution in [0.2, 0.25) is 0 Å². The van der Waals surface area contributed by atoms with Gasteiger partial charge in [-0.2, -0.15) is 4.98 Å². The van der Waals surface area contributed by atoms with Gasteiger partial charge in [0.15, 0.2) is 0 Å². The molecule has 1 saturated carbocycles. The van der Waals surface area contributed by atoms with Crippen molar-refractivity contribution in [3.63, 3.8) is 0 Å². The Hall–Kier alpha value is -1.36. The Bertz CT molecular complexity index is 566. The fourth-order valence-corrected chi connectivity index (χ4v) is 3.64. The predicted octanol–water partition coefficient (Wildman–Crippen LogP) is 3.65. The average molecular weight is 276 g/mol. The lowest BCUT2D eigenvalue weighted by molar-refractivity contribution is 0.456. The van der Waals surface area contributed by atoms with Crippen LogP contribution in [-0.4, -0.2) is 16.0 Å². The largest absolute Gasteiger partial charge is 0.368 e. The second kappa shape index (κ2) is 5.33. The van der Waals surface area contributed by atoms with E-state index in [0.29, 0.717) is 17.9 Å². The quantitative estimate of drug-likeness (QED) is 0.822. The molecule has 0 aliphatic heterocycles. The molecule has 3 N–H and O–H groups in total. The SMILES string of the molecule is CC1CCCCCC1Nc1nc(N)nc2sccc12. The Balaban J connectivity index is 1.89. The summed E-state index contributed by atoms with van der Waals surface area (Å²) in [5.74, 6) is 1.95. The number of nitrogens with one attached hydrogen (secondary N) is 1. The molecule has 0 saturated heterocycles. The maximum absolute atomic E-state index is 5.80. The zero-order valence-corrected chi connectivity index (χ0v) is 12.0. The minimum absolute atomic E-state index is 0.360. The predicted molar refractivity (Wildman–Crippen MR) is 81.5 cm³/mol. The van der Waals surface area contributed by atoms with E-state index in [1.54, 1.807) is 11.3 Å². The lowest BCUT2D eigenvalue weighted by Gasteiger charge is -2.23. The Kier molecular flexibility index (Phi) is 3.55. The molecular weight excluding hydrogens is 256 g/mol. The van der Waals surface area contributed by atoms with Crippen LogP contribution in [0.25, 0.3) is 10.2 Å². The summed E-state index contributed by atoms with van der Waals surface area (Å²) in [5.41, 5.74) is 5.80. The molecule has 102 valence electrons. The van der Waals surface area contributed by atoms with Gasteiger partial charge in [-0.1, -0.05) is 26.2 Å². The van der Waals surface area contributed by atoms with Crippen molar-refractivity contribution in [3.8, 4) is 0 Å². The number of anilines is 2. The van der Waals surface area contributed by atoms with Crippen LogP contribution in [0.4, 0.5) is 11.8 Å². The number of hydrogen-bond donors (Lipinski definition) is 2. The standard InChI is InChI=1S/C14H20N4S/c1-9-5-3-2-4-6-11(9)16-12-10-7-8-19-13(10)18-14(15)17-12/h7-9,11H,2-6H2,1H3,(H3,15,16,17,18). The summed E-state index contributed by atoms with van der Waals surface area (Å²) in [5, 5.41) is 6.75. The number of aromatic nitrogens is 2. The summed E-state index contributed by atoms with van der Waals surface area (Å²) < 4.78 is 0. The first kappa shape index (κ1) is 12.7. The smallest absolute Gasteiger partial charge is 0.223 e. The van der Waals surface area contributed by atoms with Gasteiger partial charge in [0.1, 0.15) is 10.6 Å². The first-order valence-electron chi connectivity index (χ1n) is 7.01. The Morgan fingerprint density at radius 2 is 2.11 bits per heavy atom. The number of rotatable bonds is 2. The van der Waals surface area contributed by atoms with E-state index < -0.39 is 0 Å². The Morgan fingerprint density at radius 3 is 3.00 bits per heavy atom. The number of hydrogen-bond acceptors (Lipinski definition) is 5. The third kappa shape index (κ3) is 2.66. The lowest BCUT2D eigenvalue weighted by atomic mass is 9.97. The summed E-state index contributed by atoms with van der Waals surface area (Å²) in [6.45, 7) is 2.33. The first-order chi connectivity index (χ1) is 9.24. The number of nitrogens with zero attached hydrogens (tertiary/aromatic N) is 2. The second-order valence-corrected chi connectivity index (χ2v) is 6.33. The van der Waals surface area contributed by atoms with E-state index in [9.17, 15) is 0 Å². The van der Waals surface area contributed by atoms with Gasteiger partial charge in [0.25, 0.3) is 0 Å². The second-order valence-electron chi connectivity index (χ2n) is 5.44.